The second kappa shape index (κ2) is 5.11. The van der Waals surface area contributed by atoms with Crippen LogP contribution in [-0.4, -0.2) is 41.0 Å². The standard InChI is InChI=1S/C10H18N2O3/c1-7(11)10(15)12-5-4-8(6-12)2-3-9(13)14/h7-8H,2-6,11H2,1H3,(H,13,14)/t7-,8?/m0/s1. The van der Waals surface area contributed by atoms with E-state index < -0.39 is 12.0 Å². The fourth-order valence-electron chi connectivity index (χ4n) is 1.88. The van der Waals surface area contributed by atoms with Gasteiger partial charge in [0.2, 0.25) is 5.91 Å². The summed E-state index contributed by atoms with van der Waals surface area (Å²) in [6, 6.07) is -0.455. The Kier molecular flexibility index (Phi) is 4.08. The fraction of sp³-hybridized carbons (Fsp3) is 0.800. The van der Waals surface area contributed by atoms with E-state index in [0.717, 1.165) is 6.42 Å². The van der Waals surface area contributed by atoms with Crippen molar-refractivity contribution in [2.75, 3.05) is 13.1 Å². The molecule has 0 spiro atoms. The zero-order chi connectivity index (χ0) is 11.4. The number of carbonyl (C=O) groups is 2. The van der Waals surface area contributed by atoms with E-state index in [-0.39, 0.29) is 12.3 Å². The summed E-state index contributed by atoms with van der Waals surface area (Å²) in [6.07, 6.45) is 1.73. The number of likely N-dealkylation sites (tertiary alicyclic amines) is 1. The predicted octanol–water partition coefficient (Wildman–Crippen LogP) is 0.0469. The van der Waals surface area contributed by atoms with Crippen molar-refractivity contribution < 1.29 is 14.7 Å². The maximum absolute atomic E-state index is 11.5. The van der Waals surface area contributed by atoms with Crippen molar-refractivity contribution in [3.8, 4) is 0 Å². The number of aliphatic carboxylic acids is 1. The molecule has 0 aromatic rings. The van der Waals surface area contributed by atoms with Gasteiger partial charge in [0.05, 0.1) is 6.04 Å². The molecule has 3 N–H and O–H groups in total. The molecule has 1 saturated heterocycles. The van der Waals surface area contributed by atoms with E-state index in [1.54, 1.807) is 11.8 Å². The third-order valence-electron chi connectivity index (χ3n) is 2.75. The van der Waals surface area contributed by atoms with E-state index in [1.807, 2.05) is 0 Å². The first-order valence-electron chi connectivity index (χ1n) is 5.27. The summed E-state index contributed by atoms with van der Waals surface area (Å²) in [7, 11) is 0. The largest absolute Gasteiger partial charge is 0.481 e. The monoisotopic (exact) mass is 214 g/mol. The average molecular weight is 214 g/mol. The van der Waals surface area contributed by atoms with Crippen molar-refractivity contribution in [3.05, 3.63) is 0 Å². The van der Waals surface area contributed by atoms with Gasteiger partial charge in [-0.15, -0.1) is 0 Å². The molecule has 0 aromatic carbocycles. The van der Waals surface area contributed by atoms with Gasteiger partial charge in [-0.3, -0.25) is 9.59 Å². The van der Waals surface area contributed by atoms with Crippen LogP contribution < -0.4 is 5.73 Å². The second-order valence-electron chi connectivity index (χ2n) is 4.16. The van der Waals surface area contributed by atoms with E-state index in [1.165, 1.54) is 0 Å². The lowest BCUT2D eigenvalue weighted by Crippen LogP contribution is -2.40. The third-order valence-corrected chi connectivity index (χ3v) is 2.75. The number of carboxylic acid groups (broad SMARTS) is 1. The lowest BCUT2D eigenvalue weighted by atomic mass is 10.0. The predicted molar refractivity (Wildman–Crippen MR) is 55.2 cm³/mol. The molecule has 1 fully saturated rings. The number of amides is 1. The van der Waals surface area contributed by atoms with Crippen LogP contribution >= 0.6 is 0 Å². The molecule has 0 aromatic heterocycles. The highest BCUT2D eigenvalue weighted by atomic mass is 16.4. The first kappa shape index (κ1) is 12.0. The summed E-state index contributed by atoms with van der Waals surface area (Å²) in [4.78, 5) is 23.6. The van der Waals surface area contributed by atoms with Gasteiger partial charge >= 0.3 is 5.97 Å². The minimum atomic E-state index is -0.771. The topological polar surface area (TPSA) is 83.6 Å². The Bertz CT molecular complexity index is 253. The number of nitrogens with two attached hydrogens (primary N) is 1. The van der Waals surface area contributed by atoms with Crippen LogP contribution in [0.2, 0.25) is 0 Å². The van der Waals surface area contributed by atoms with E-state index in [0.29, 0.717) is 25.4 Å². The Balaban J connectivity index is 2.32. The van der Waals surface area contributed by atoms with Gasteiger partial charge in [0.25, 0.3) is 0 Å². The summed E-state index contributed by atoms with van der Waals surface area (Å²) < 4.78 is 0. The second-order valence-corrected chi connectivity index (χ2v) is 4.16. The minimum absolute atomic E-state index is 0.0344. The van der Waals surface area contributed by atoms with Crippen molar-refractivity contribution in [2.24, 2.45) is 11.7 Å². The number of hydrogen-bond donors (Lipinski definition) is 2. The molecule has 1 aliphatic heterocycles. The quantitative estimate of drug-likeness (QED) is 0.692. The van der Waals surface area contributed by atoms with Gasteiger partial charge < -0.3 is 15.7 Å². The van der Waals surface area contributed by atoms with Crippen LogP contribution in [0.5, 0.6) is 0 Å². The van der Waals surface area contributed by atoms with Gasteiger partial charge in [-0.1, -0.05) is 0 Å². The summed E-state index contributed by atoms with van der Waals surface area (Å²) >= 11 is 0. The molecule has 86 valence electrons. The van der Waals surface area contributed by atoms with E-state index in [2.05, 4.69) is 0 Å². The Morgan fingerprint density at radius 1 is 1.60 bits per heavy atom. The molecule has 5 heteroatoms. The molecule has 1 rings (SSSR count). The minimum Gasteiger partial charge on any atom is -0.481 e. The number of hydrogen-bond acceptors (Lipinski definition) is 3. The smallest absolute Gasteiger partial charge is 0.303 e. The number of rotatable bonds is 4. The molecule has 0 bridgehead atoms. The molecule has 2 atom stereocenters. The van der Waals surface area contributed by atoms with Crippen LogP contribution in [0.1, 0.15) is 26.2 Å². The van der Waals surface area contributed by atoms with Gasteiger partial charge in [0.15, 0.2) is 0 Å². The molecule has 1 unspecified atom stereocenters. The van der Waals surface area contributed by atoms with Crippen molar-refractivity contribution in [1.82, 2.24) is 4.90 Å². The highest BCUT2D eigenvalue weighted by Gasteiger charge is 2.27. The molecule has 1 amide bonds. The Morgan fingerprint density at radius 3 is 2.80 bits per heavy atom. The Morgan fingerprint density at radius 2 is 2.27 bits per heavy atom. The maximum atomic E-state index is 11.5. The van der Waals surface area contributed by atoms with Gasteiger partial charge in [-0.2, -0.15) is 0 Å². The third kappa shape index (κ3) is 3.51. The highest BCUT2D eigenvalue weighted by Crippen LogP contribution is 2.21. The lowest BCUT2D eigenvalue weighted by Gasteiger charge is -2.18. The molecule has 1 heterocycles. The van der Waals surface area contributed by atoms with E-state index in [9.17, 15) is 9.59 Å². The van der Waals surface area contributed by atoms with Crippen LogP contribution in [0, 0.1) is 5.92 Å². The molecule has 5 nitrogen and oxygen atoms in total. The molecule has 0 saturated carbocycles. The Labute approximate surface area is 89.2 Å². The van der Waals surface area contributed by atoms with Gasteiger partial charge in [0, 0.05) is 19.5 Å². The number of nitrogens with zero attached hydrogens (tertiary/aromatic N) is 1. The van der Waals surface area contributed by atoms with Gasteiger partial charge in [0.1, 0.15) is 0 Å². The van der Waals surface area contributed by atoms with E-state index >= 15 is 0 Å². The SMILES string of the molecule is C[C@H](N)C(=O)N1CCC(CCC(=O)O)C1. The highest BCUT2D eigenvalue weighted by molar-refractivity contribution is 5.81. The molecule has 1 aliphatic rings. The van der Waals surface area contributed by atoms with Crippen molar-refractivity contribution in [1.29, 1.82) is 0 Å². The number of carboxylic acids is 1. The zero-order valence-electron chi connectivity index (χ0n) is 8.98. The number of carbonyl (C=O) groups excluding carboxylic acids is 1. The maximum Gasteiger partial charge on any atom is 0.303 e. The molecular weight excluding hydrogens is 196 g/mol. The summed E-state index contributed by atoms with van der Waals surface area (Å²) in [5.41, 5.74) is 5.50. The molecule has 0 radical (unpaired) electrons. The normalized spacial score (nSPS) is 22.8. The summed E-state index contributed by atoms with van der Waals surface area (Å²) in [5.74, 6) is -0.483. The van der Waals surface area contributed by atoms with Crippen LogP contribution in [0.15, 0.2) is 0 Å². The van der Waals surface area contributed by atoms with Crippen LogP contribution in [0.25, 0.3) is 0 Å². The fourth-order valence-corrected chi connectivity index (χ4v) is 1.88. The average Bonchev–Trinajstić information content (AvgIpc) is 2.61. The van der Waals surface area contributed by atoms with Crippen molar-refractivity contribution in [2.45, 2.75) is 32.2 Å². The van der Waals surface area contributed by atoms with Gasteiger partial charge in [-0.25, -0.2) is 0 Å². The first-order chi connectivity index (χ1) is 7.00. The van der Waals surface area contributed by atoms with E-state index in [4.69, 9.17) is 10.8 Å². The van der Waals surface area contributed by atoms with Gasteiger partial charge in [-0.05, 0) is 25.7 Å². The molecule has 0 aliphatic carbocycles. The van der Waals surface area contributed by atoms with Crippen LogP contribution in [0.3, 0.4) is 0 Å². The summed E-state index contributed by atoms with van der Waals surface area (Å²) in [5, 5.41) is 8.54. The first-order valence-corrected chi connectivity index (χ1v) is 5.27. The summed E-state index contributed by atoms with van der Waals surface area (Å²) in [6.45, 7) is 3.05. The van der Waals surface area contributed by atoms with Crippen molar-refractivity contribution in [3.63, 3.8) is 0 Å². The zero-order valence-corrected chi connectivity index (χ0v) is 8.98. The van der Waals surface area contributed by atoms with Crippen molar-refractivity contribution >= 4 is 11.9 Å². The van der Waals surface area contributed by atoms with Crippen LogP contribution in [-0.2, 0) is 9.59 Å². The molecular formula is C10H18N2O3. The lowest BCUT2D eigenvalue weighted by molar-refractivity contribution is -0.137. The Hall–Kier alpha value is -1.10. The van der Waals surface area contributed by atoms with Crippen LogP contribution in [0.4, 0.5) is 0 Å². The molecule has 15 heavy (non-hydrogen) atoms.